The van der Waals surface area contributed by atoms with Crippen LogP contribution >= 0.6 is 11.3 Å². The monoisotopic (exact) mass is 525 g/mol. The molecule has 2 heterocycles. The van der Waals surface area contributed by atoms with E-state index >= 15 is 0 Å². The fourth-order valence-electron chi connectivity index (χ4n) is 4.46. The zero-order valence-electron chi connectivity index (χ0n) is 20.1. The third kappa shape index (κ3) is 4.88. The highest BCUT2D eigenvalue weighted by Crippen LogP contribution is 2.32. The number of thiazole rings is 1. The second-order valence-corrected chi connectivity index (χ2v) is 11.7. The molecule has 2 aromatic heterocycles. The summed E-state index contributed by atoms with van der Waals surface area (Å²) in [5.41, 5.74) is 1.65. The molecule has 0 radical (unpaired) electrons. The molecule has 8 nitrogen and oxygen atoms in total. The molecule has 1 amide bonds. The summed E-state index contributed by atoms with van der Waals surface area (Å²) in [7, 11) is -0.367. The molecule has 5 rings (SSSR count). The summed E-state index contributed by atoms with van der Waals surface area (Å²) in [5.74, 6) is 0.926. The summed E-state index contributed by atoms with van der Waals surface area (Å²) in [6.07, 6.45) is 5.02. The van der Waals surface area contributed by atoms with Gasteiger partial charge in [0.2, 0.25) is 10.0 Å². The maximum Gasteiger partial charge on any atom is 0.257 e. The number of fused-ring (bicyclic) bond motifs is 1. The highest BCUT2D eigenvalue weighted by molar-refractivity contribution is 7.89. The lowest BCUT2D eigenvalue weighted by Crippen LogP contribution is -2.38. The van der Waals surface area contributed by atoms with E-state index in [1.165, 1.54) is 39.9 Å². The third-order valence-electron chi connectivity index (χ3n) is 6.59. The van der Waals surface area contributed by atoms with Crippen molar-refractivity contribution in [3.05, 3.63) is 59.5 Å². The average Bonchev–Trinajstić information content (AvgIpc) is 3.55. The summed E-state index contributed by atoms with van der Waals surface area (Å²) in [4.78, 5) is 17.4. The van der Waals surface area contributed by atoms with Crippen molar-refractivity contribution in [2.75, 3.05) is 19.5 Å². The third-order valence-corrected chi connectivity index (χ3v) is 9.27. The van der Waals surface area contributed by atoms with Crippen molar-refractivity contribution in [1.82, 2.24) is 9.29 Å². The Bertz CT molecular complexity index is 1490. The highest BCUT2D eigenvalue weighted by atomic mass is 32.2. The number of hydrogen-bond donors (Lipinski definition) is 1. The SMILES string of the molecule is COc1ccc2cc(-c3csc(NC(=O)c4ccc(S(=O)(=O)N(C)C5CCCCC5)cc4)n3)oc2c1. The number of furan rings is 1. The molecule has 1 saturated carbocycles. The summed E-state index contributed by atoms with van der Waals surface area (Å²) in [6.45, 7) is 0. The number of aromatic nitrogens is 1. The number of hydrogen-bond acceptors (Lipinski definition) is 7. The van der Waals surface area contributed by atoms with Crippen molar-refractivity contribution in [3.8, 4) is 17.2 Å². The van der Waals surface area contributed by atoms with Gasteiger partial charge >= 0.3 is 0 Å². The molecule has 0 aliphatic heterocycles. The van der Waals surface area contributed by atoms with Gasteiger partial charge in [-0.15, -0.1) is 11.3 Å². The minimum atomic E-state index is -3.61. The fraction of sp³-hybridized carbons (Fsp3) is 0.308. The lowest BCUT2D eigenvalue weighted by molar-refractivity contribution is 0.102. The van der Waals surface area contributed by atoms with E-state index in [2.05, 4.69) is 10.3 Å². The van der Waals surface area contributed by atoms with Crippen molar-refractivity contribution in [3.63, 3.8) is 0 Å². The van der Waals surface area contributed by atoms with Crippen LogP contribution in [0, 0.1) is 0 Å². The molecule has 10 heteroatoms. The Morgan fingerprint density at radius 3 is 2.58 bits per heavy atom. The van der Waals surface area contributed by atoms with E-state index < -0.39 is 10.0 Å². The van der Waals surface area contributed by atoms with Crippen LogP contribution in [0.5, 0.6) is 5.75 Å². The van der Waals surface area contributed by atoms with Crippen LogP contribution in [-0.4, -0.2) is 43.8 Å². The first-order valence-electron chi connectivity index (χ1n) is 11.8. The second-order valence-electron chi connectivity index (χ2n) is 8.84. The maximum atomic E-state index is 13.0. The number of nitrogens with zero attached hydrogens (tertiary/aromatic N) is 2. The van der Waals surface area contributed by atoms with Crippen LogP contribution in [0.25, 0.3) is 22.4 Å². The van der Waals surface area contributed by atoms with Gasteiger partial charge in [-0.3, -0.25) is 10.1 Å². The van der Waals surface area contributed by atoms with Gasteiger partial charge < -0.3 is 9.15 Å². The first kappa shape index (κ1) is 24.5. The molecule has 1 fully saturated rings. The molecular weight excluding hydrogens is 498 g/mol. The predicted octanol–water partition coefficient (Wildman–Crippen LogP) is 5.77. The molecule has 188 valence electrons. The number of benzene rings is 2. The Balaban J connectivity index is 1.27. The van der Waals surface area contributed by atoms with Gasteiger partial charge in [0.25, 0.3) is 5.91 Å². The minimum absolute atomic E-state index is 0.0274. The van der Waals surface area contributed by atoms with E-state index in [0.29, 0.717) is 33.5 Å². The van der Waals surface area contributed by atoms with E-state index in [0.717, 1.165) is 37.5 Å². The topological polar surface area (TPSA) is 102 Å². The van der Waals surface area contributed by atoms with Crippen LogP contribution in [0.4, 0.5) is 5.13 Å². The Hall–Kier alpha value is -3.21. The van der Waals surface area contributed by atoms with Gasteiger partial charge in [0, 0.05) is 35.5 Å². The molecule has 0 atom stereocenters. The van der Waals surface area contributed by atoms with Crippen LogP contribution in [0.1, 0.15) is 42.5 Å². The number of carbonyl (C=O) groups excluding carboxylic acids is 1. The first-order chi connectivity index (χ1) is 17.3. The maximum absolute atomic E-state index is 13.0. The molecule has 0 bridgehead atoms. The summed E-state index contributed by atoms with van der Waals surface area (Å²) >= 11 is 1.28. The number of sulfonamides is 1. The van der Waals surface area contributed by atoms with Crippen LogP contribution in [0.2, 0.25) is 0 Å². The van der Waals surface area contributed by atoms with Gasteiger partial charge in [-0.1, -0.05) is 19.3 Å². The van der Waals surface area contributed by atoms with E-state index in [-0.39, 0.29) is 16.8 Å². The number of ether oxygens (including phenoxy) is 1. The van der Waals surface area contributed by atoms with E-state index in [4.69, 9.17) is 9.15 Å². The number of rotatable bonds is 7. The first-order valence-corrected chi connectivity index (χ1v) is 14.1. The van der Waals surface area contributed by atoms with Crippen LogP contribution < -0.4 is 10.1 Å². The van der Waals surface area contributed by atoms with Gasteiger partial charge in [0.1, 0.15) is 17.0 Å². The van der Waals surface area contributed by atoms with Gasteiger partial charge in [0.15, 0.2) is 10.9 Å². The molecule has 2 aromatic carbocycles. The summed E-state index contributed by atoms with van der Waals surface area (Å²) in [5, 5.41) is 5.93. The Morgan fingerprint density at radius 2 is 1.86 bits per heavy atom. The highest BCUT2D eigenvalue weighted by Gasteiger charge is 2.29. The van der Waals surface area contributed by atoms with Crippen molar-refractivity contribution in [1.29, 1.82) is 0 Å². The fourth-order valence-corrected chi connectivity index (χ4v) is 6.57. The van der Waals surface area contributed by atoms with Gasteiger partial charge in [-0.25, -0.2) is 13.4 Å². The van der Waals surface area contributed by atoms with Gasteiger partial charge in [-0.05, 0) is 55.3 Å². The van der Waals surface area contributed by atoms with Crippen LogP contribution in [-0.2, 0) is 10.0 Å². The number of carbonyl (C=O) groups is 1. The predicted molar refractivity (Wildman–Crippen MR) is 140 cm³/mol. The van der Waals surface area contributed by atoms with Crippen LogP contribution in [0.3, 0.4) is 0 Å². The molecule has 0 saturated heterocycles. The summed E-state index contributed by atoms with van der Waals surface area (Å²) in [6, 6.07) is 13.5. The normalized spacial score (nSPS) is 14.9. The molecule has 1 N–H and O–H groups in total. The van der Waals surface area contributed by atoms with Gasteiger partial charge in [0.05, 0.1) is 12.0 Å². The van der Waals surface area contributed by atoms with Crippen molar-refractivity contribution < 1.29 is 22.4 Å². The minimum Gasteiger partial charge on any atom is -0.497 e. The summed E-state index contributed by atoms with van der Waals surface area (Å²) < 4.78 is 38.7. The molecule has 36 heavy (non-hydrogen) atoms. The molecule has 0 unspecified atom stereocenters. The number of methoxy groups -OCH3 is 1. The van der Waals surface area contributed by atoms with Crippen molar-refractivity contribution in [2.24, 2.45) is 0 Å². The largest absolute Gasteiger partial charge is 0.497 e. The molecule has 1 aliphatic rings. The Labute approximate surface area is 214 Å². The van der Waals surface area contributed by atoms with Gasteiger partial charge in [-0.2, -0.15) is 4.31 Å². The Morgan fingerprint density at radius 1 is 1.11 bits per heavy atom. The van der Waals surface area contributed by atoms with E-state index in [9.17, 15) is 13.2 Å². The molecular formula is C26H27N3O5S2. The smallest absolute Gasteiger partial charge is 0.257 e. The molecule has 0 spiro atoms. The zero-order chi connectivity index (χ0) is 25.3. The quantitative estimate of drug-likeness (QED) is 0.329. The van der Waals surface area contributed by atoms with Crippen molar-refractivity contribution in [2.45, 2.75) is 43.0 Å². The van der Waals surface area contributed by atoms with Crippen LogP contribution in [0.15, 0.2) is 63.2 Å². The standard InChI is InChI=1S/C26H27N3O5S2/c1-29(19-6-4-3-5-7-19)36(31,32)21-12-9-17(10-13-21)25(30)28-26-27-22(16-35-26)24-14-18-8-11-20(33-2)15-23(18)34-24/h8-16,19H,3-7H2,1-2H3,(H,27,28,30). The lowest BCUT2D eigenvalue weighted by atomic mass is 9.96. The number of anilines is 1. The van der Waals surface area contributed by atoms with Crippen molar-refractivity contribution >= 4 is 43.4 Å². The number of amides is 1. The van der Waals surface area contributed by atoms with E-state index in [1.807, 2.05) is 24.3 Å². The van der Waals surface area contributed by atoms with E-state index in [1.54, 1.807) is 19.5 Å². The number of nitrogens with one attached hydrogen (secondary N) is 1. The zero-order valence-corrected chi connectivity index (χ0v) is 21.7. The molecule has 1 aliphatic carbocycles. The molecule has 4 aromatic rings. The Kier molecular flexibility index (Phi) is 6.83. The lowest BCUT2D eigenvalue weighted by Gasteiger charge is -2.30. The second kappa shape index (κ2) is 10.0. The average molecular weight is 526 g/mol.